The SMILES string of the molecule is NCCCCC(NC(=O)C(N)CCC(N)=O)C(=O)NC(CCC(N)=O)C(=O)NC(Cc1c[nH]c2ccccc12)C(=O)O. The summed E-state index contributed by atoms with van der Waals surface area (Å²) in [7, 11) is 0. The Labute approximate surface area is 242 Å². The average Bonchev–Trinajstić information content (AvgIpc) is 3.35. The molecule has 42 heavy (non-hydrogen) atoms. The van der Waals surface area contributed by atoms with E-state index in [9.17, 15) is 33.9 Å². The summed E-state index contributed by atoms with van der Waals surface area (Å²) in [6, 6.07) is 2.33. The molecule has 0 aliphatic rings. The zero-order valence-corrected chi connectivity index (χ0v) is 23.3. The Hall–Kier alpha value is -4.50. The van der Waals surface area contributed by atoms with Crippen molar-refractivity contribution in [1.29, 1.82) is 0 Å². The third kappa shape index (κ3) is 10.8. The molecule has 0 spiro atoms. The number of H-pyrrole nitrogens is 1. The van der Waals surface area contributed by atoms with E-state index in [4.69, 9.17) is 22.9 Å². The fourth-order valence-corrected chi connectivity index (χ4v) is 4.29. The van der Waals surface area contributed by atoms with Gasteiger partial charge in [0.2, 0.25) is 29.5 Å². The van der Waals surface area contributed by atoms with Crippen LogP contribution in [0.4, 0.5) is 0 Å². The summed E-state index contributed by atoms with van der Waals surface area (Å²) in [6.45, 7) is 0.344. The number of hydrogen-bond donors (Lipinski definition) is 9. The quantitative estimate of drug-likeness (QED) is 0.0839. The monoisotopic (exact) mass is 588 g/mol. The molecule has 4 atom stereocenters. The van der Waals surface area contributed by atoms with E-state index >= 15 is 0 Å². The number of carbonyl (C=O) groups is 6. The second-order valence-corrected chi connectivity index (χ2v) is 9.99. The van der Waals surface area contributed by atoms with E-state index in [-0.39, 0.29) is 38.5 Å². The minimum Gasteiger partial charge on any atom is -0.480 e. The number of nitrogens with two attached hydrogens (primary N) is 4. The van der Waals surface area contributed by atoms with E-state index < -0.39 is 59.7 Å². The Morgan fingerprint density at radius 2 is 1.36 bits per heavy atom. The third-order valence-electron chi connectivity index (χ3n) is 6.64. The molecule has 230 valence electrons. The highest BCUT2D eigenvalue weighted by atomic mass is 16.4. The van der Waals surface area contributed by atoms with Crippen LogP contribution in [0.25, 0.3) is 10.9 Å². The molecule has 13 N–H and O–H groups in total. The van der Waals surface area contributed by atoms with Crippen molar-refractivity contribution >= 4 is 46.4 Å². The molecule has 1 aromatic heterocycles. The second kappa shape index (κ2) is 16.7. The lowest BCUT2D eigenvalue weighted by molar-refractivity contribution is -0.142. The minimum absolute atomic E-state index is 0.0328. The number of primary amides is 2. The van der Waals surface area contributed by atoms with E-state index in [2.05, 4.69) is 20.9 Å². The summed E-state index contributed by atoms with van der Waals surface area (Å²) in [4.78, 5) is 76.7. The van der Waals surface area contributed by atoms with Crippen LogP contribution in [0.5, 0.6) is 0 Å². The summed E-state index contributed by atoms with van der Waals surface area (Å²) >= 11 is 0. The van der Waals surface area contributed by atoms with Crippen molar-refractivity contribution in [1.82, 2.24) is 20.9 Å². The van der Waals surface area contributed by atoms with Crippen molar-refractivity contribution in [2.24, 2.45) is 22.9 Å². The summed E-state index contributed by atoms with van der Waals surface area (Å²) in [5, 5.41) is 18.1. The lowest BCUT2D eigenvalue weighted by Gasteiger charge is -2.25. The Morgan fingerprint density at radius 3 is 1.98 bits per heavy atom. The highest BCUT2D eigenvalue weighted by molar-refractivity contribution is 5.94. The number of aromatic nitrogens is 1. The van der Waals surface area contributed by atoms with Gasteiger partial charge in [0.25, 0.3) is 0 Å². The number of carboxylic acid groups (broad SMARTS) is 1. The smallest absolute Gasteiger partial charge is 0.326 e. The maximum atomic E-state index is 13.3. The van der Waals surface area contributed by atoms with Gasteiger partial charge in [-0.3, -0.25) is 24.0 Å². The van der Waals surface area contributed by atoms with Crippen LogP contribution in [-0.2, 0) is 35.2 Å². The largest absolute Gasteiger partial charge is 0.480 e. The van der Waals surface area contributed by atoms with Gasteiger partial charge in [0.15, 0.2) is 0 Å². The zero-order valence-electron chi connectivity index (χ0n) is 23.3. The van der Waals surface area contributed by atoms with Crippen molar-refractivity contribution in [2.45, 2.75) is 75.5 Å². The van der Waals surface area contributed by atoms with E-state index in [1.54, 1.807) is 12.3 Å². The molecule has 0 fully saturated rings. The van der Waals surface area contributed by atoms with Gasteiger partial charge in [0.05, 0.1) is 6.04 Å². The van der Waals surface area contributed by atoms with Gasteiger partial charge in [-0.1, -0.05) is 18.2 Å². The Kier molecular flexibility index (Phi) is 13.4. The van der Waals surface area contributed by atoms with Gasteiger partial charge in [0.1, 0.15) is 18.1 Å². The molecule has 0 saturated heterocycles. The number of nitrogens with one attached hydrogen (secondary N) is 4. The maximum Gasteiger partial charge on any atom is 0.326 e. The number of aromatic amines is 1. The molecule has 0 aliphatic heterocycles. The highest BCUT2D eigenvalue weighted by Gasteiger charge is 2.31. The van der Waals surface area contributed by atoms with Gasteiger partial charge in [-0.05, 0) is 50.3 Å². The van der Waals surface area contributed by atoms with Crippen LogP contribution in [0.1, 0.15) is 50.5 Å². The van der Waals surface area contributed by atoms with Crippen LogP contribution < -0.4 is 38.9 Å². The lowest BCUT2D eigenvalue weighted by Crippen LogP contribution is -2.57. The molecule has 5 amide bonds. The molecule has 0 saturated carbocycles. The number of para-hydroxylation sites is 1. The normalized spacial score (nSPS) is 13.9. The first-order valence-electron chi connectivity index (χ1n) is 13.6. The third-order valence-corrected chi connectivity index (χ3v) is 6.64. The Bertz CT molecular complexity index is 1260. The van der Waals surface area contributed by atoms with E-state index in [1.807, 2.05) is 18.2 Å². The van der Waals surface area contributed by atoms with Crippen molar-refractivity contribution in [2.75, 3.05) is 6.54 Å². The maximum absolute atomic E-state index is 13.3. The second-order valence-electron chi connectivity index (χ2n) is 9.99. The molecule has 1 aromatic carbocycles. The molecular formula is C27H40N8O7. The molecule has 1 heterocycles. The van der Waals surface area contributed by atoms with Gasteiger partial charge in [-0.2, -0.15) is 0 Å². The first-order chi connectivity index (χ1) is 19.9. The molecule has 2 aromatic rings. The first-order valence-corrected chi connectivity index (χ1v) is 13.6. The number of unbranched alkanes of at least 4 members (excludes halogenated alkanes) is 1. The molecular weight excluding hydrogens is 548 g/mol. The average molecular weight is 589 g/mol. The number of carboxylic acids is 1. The Morgan fingerprint density at radius 1 is 0.786 bits per heavy atom. The minimum atomic E-state index is -1.35. The van der Waals surface area contributed by atoms with Gasteiger partial charge >= 0.3 is 5.97 Å². The fourth-order valence-electron chi connectivity index (χ4n) is 4.29. The molecule has 0 bridgehead atoms. The van der Waals surface area contributed by atoms with Crippen LogP contribution in [0, 0.1) is 0 Å². The number of benzene rings is 1. The van der Waals surface area contributed by atoms with Crippen LogP contribution in [0.2, 0.25) is 0 Å². The molecule has 2 rings (SSSR count). The standard InChI is InChI=1S/C27H40N8O7/c28-12-4-3-7-19(33-24(38)17(29)8-10-22(30)36)25(39)34-20(9-11-23(31)37)26(40)35-21(27(41)42)13-15-14-32-18-6-2-1-5-16(15)18/h1-2,5-6,14,17,19-21,32H,3-4,7-13,28-29H2,(H2,30,36)(H2,31,37)(H,33,38)(H,34,39)(H,35,40)(H,41,42). The highest BCUT2D eigenvalue weighted by Crippen LogP contribution is 2.19. The number of carbonyl (C=O) groups excluding carboxylic acids is 5. The van der Waals surface area contributed by atoms with E-state index in [1.165, 1.54) is 0 Å². The van der Waals surface area contributed by atoms with E-state index in [0.29, 0.717) is 24.9 Å². The van der Waals surface area contributed by atoms with Crippen LogP contribution in [-0.4, -0.2) is 76.3 Å². The molecule has 0 radical (unpaired) electrons. The molecule has 15 heteroatoms. The number of hydrogen-bond acceptors (Lipinski definition) is 8. The van der Waals surface area contributed by atoms with Crippen molar-refractivity contribution in [3.8, 4) is 0 Å². The van der Waals surface area contributed by atoms with Gasteiger partial charge in [0, 0.05) is 36.4 Å². The van der Waals surface area contributed by atoms with E-state index in [0.717, 1.165) is 10.9 Å². The number of rotatable bonds is 19. The fraction of sp³-hybridized carbons (Fsp3) is 0.481. The molecule has 0 aliphatic carbocycles. The van der Waals surface area contributed by atoms with Crippen LogP contribution in [0.3, 0.4) is 0 Å². The Balaban J connectivity index is 2.18. The first kappa shape index (κ1) is 33.7. The summed E-state index contributed by atoms with van der Waals surface area (Å²) < 4.78 is 0. The topological polar surface area (TPSA) is 279 Å². The molecule has 4 unspecified atom stereocenters. The van der Waals surface area contributed by atoms with Crippen molar-refractivity contribution in [3.05, 3.63) is 36.0 Å². The van der Waals surface area contributed by atoms with Crippen molar-refractivity contribution < 1.29 is 33.9 Å². The summed E-state index contributed by atoms with van der Waals surface area (Å²) in [6.07, 6.45) is 2.10. The van der Waals surface area contributed by atoms with Gasteiger partial charge in [-0.25, -0.2) is 4.79 Å². The molecule has 15 nitrogen and oxygen atoms in total. The van der Waals surface area contributed by atoms with Crippen LogP contribution in [0.15, 0.2) is 30.5 Å². The lowest BCUT2D eigenvalue weighted by atomic mass is 10.0. The number of fused-ring (bicyclic) bond motifs is 1. The summed E-state index contributed by atoms with van der Waals surface area (Å²) in [5.74, 6) is -4.97. The predicted octanol–water partition coefficient (Wildman–Crippen LogP) is -1.76. The number of amides is 5. The number of aliphatic carboxylic acids is 1. The van der Waals surface area contributed by atoms with Crippen molar-refractivity contribution in [3.63, 3.8) is 0 Å². The van der Waals surface area contributed by atoms with Crippen LogP contribution >= 0.6 is 0 Å². The van der Waals surface area contributed by atoms with Gasteiger partial charge in [-0.15, -0.1) is 0 Å². The predicted molar refractivity (Wildman–Crippen MR) is 153 cm³/mol. The summed E-state index contributed by atoms with van der Waals surface area (Å²) in [5.41, 5.74) is 23.2. The zero-order chi connectivity index (χ0) is 31.2. The van der Waals surface area contributed by atoms with Gasteiger partial charge < -0.3 is 49.0 Å².